The highest BCUT2D eigenvalue weighted by Crippen LogP contribution is 2.47. The summed E-state index contributed by atoms with van der Waals surface area (Å²) in [6.45, 7) is 13.1. The van der Waals surface area contributed by atoms with E-state index < -0.39 is 0 Å². The van der Waals surface area contributed by atoms with Crippen LogP contribution in [0, 0.1) is 68.2 Å². The standard InChI is InChI=1S/4C21H24F2N2O/c4*22-17-5-1-15(2-6-17)20(16-3-7-18(23)8-4-16)25-12-10-21(14-25)13-24-11-9-19(21)26/h4*1-8,19-20,24,26H,9-14H2/t2*19-,21+;2*19-,21-/m1010/s1. The fourth-order valence-corrected chi connectivity index (χ4v) is 17.9. The van der Waals surface area contributed by atoms with Gasteiger partial charge < -0.3 is 41.7 Å². The molecule has 8 aromatic rings. The van der Waals surface area contributed by atoms with Crippen LogP contribution in [0.1, 0.15) is 120 Å². The van der Waals surface area contributed by atoms with Crippen molar-refractivity contribution in [3.05, 3.63) is 285 Å². The minimum absolute atomic E-state index is 0.0790. The molecule has 8 aliphatic rings. The highest BCUT2D eigenvalue weighted by molar-refractivity contribution is 5.38. The number of benzene rings is 8. The van der Waals surface area contributed by atoms with Crippen LogP contribution < -0.4 is 21.3 Å². The number of hydrogen-bond acceptors (Lipinski definition) is 12. The number of piperidine rings is 4. The number of likely N-dealkylation sites (tertiary alicyclic amines) is 4. The lowest BCUT2D eigenvalue weighted by Gasteiger charge is -2.39. The van der Waals surface area contributed by atoms with Crippen molar-refractivity contribution >= 4 is 0 Å². The van der Waals surface area contributed by atoms with Gasteiger partial charge in [0.15, 0.2) is 0 Å². The van der Waals surface area contributed by atoms with Crippen molar-refractivity contribution in [3.63, 3.8) is 0 Å². The van der Waals surface area contributed by atoms with Gasteiger partial charge in [0.25, 0.3) is 0 Å². The Morgan fingerprint density at radius 2 is 0.394 bits per heavy atom. The van der Waals surface area contributed by atoms with Gasteiger partial charge in [-0.3, -0.25) is 19.6 Å². The molecule has 0 radical (unpaired) electrons. The molecular formula is C84H96F8N8O4. The van der Waals surface area contributed by atoms with Crippen molar-refractivity contribution < 1.29 is 55.5 Å². The van der Waals surface area contributed by atoms with Crippen LogP contribution in [0.2, 0.25) is 0 Å². The smallest absolute Gasteiger partial charge is 0.123 e. The van der Waals surface area contributed by atoms with Gasteiger partial charge in [-0.25, -0.2) is 35.1 Å². The summed E-state index contributed by atoms with van der Waals surface area (Å²) in [6, 6.07) is 51.9. The van der Waals surface area contributed by atoms with E-state index in [2.05, 4.69) is 40.9 Å². The lowest BCUT2D eigenvalue weighted by molar-refractivity contribution is 0.00371. The number of nitrogens with one attached hydrogen (secondary N) is 4. The molecule has 4 spiro atoms. The van der Waals surface area contributed by atoms with Crippen LogP contribution in [0.3, 0.4) is 0 Å². The minimum atomic E-state index is -0.309. The zero-order valence-electron chi connectivity index (χ0n) is 58.7. The molecule has 8 aliphatic heterocycles. The Bertz CT molecular complexity index is 3340. The Kier molecular flexibility index (Phi) is 24.0. The van der Waals surface area contributed by atoms with Crippen LogP contribution in [0.5, 0.6) is 0 Å². The van der Waals surface area contributed by atoms with Crippen molar-refractivity contribution in [1.82, 2.24) is 40.9 Å². The lowest BCUT2D eigenvalue weighted by atomic mass is 9.77. The highest BCUT2D eigenvalue weighted by atomic mass is 19.2. The second-order valence-corrected chi connectivity index (χ2v) is 30.3. The maximum atomic E-state index is 13.4. The molecule has 20 heteroatoms. The highest BCUT2D eigenvalue weighted by Gasteiger charge is 2.51. The third-order valence-corrected chi connectivity index (χ3v) is 23.7. The number of nitrogens with zero attached hydrogens (tertiary/aromatic N) is 4. The molecular weight excluding hydrogens is 1340 g/mol. The molecule has 0 aromatic heterocycles. The molecule has 552 valence electrons. The van der Waals surface area contributed by atoms with Gasteiger partial charge in [0.05, 0.1) is 48.6 Å². The summed E-state index contributed by atoms with van der Waals surface area (Å²) in [5, 5.41) is 56.1. The van der Waals surface area contributed by atoms with Crippen LogP contribution in [0.15, 0.2) is 194 Å². The molecule has 8 fully saturated rings. The van der Waals surface area contributed by atoms with Gasteiger partial charge in [-0.2, -0.15) is 0 Å². The van der Waals surface area contributed by atoms with E-state index in [1.165, 1.54) is 97.1 Å². The first-order valence-corrected chi connectivity index (χ1v) is 36.8. The normalized spacial score (nSPS) is 26.7. The van der Waals surface area contributed by atoms with Gasteiger partial charge in [-0.15, -0.1) is 0 Å². The summed E-state index contributed by atoms with van der Waals surface area (Å²) >= 11 is 0. The maximum Gasteiger partial charge on any atom is 0.123 e. The quantitative estimate of drug-likeness (QED) is 0.0552. The molecule has 8 N–H and O–H groups in total. The largest absolute Gasteiger partial charge is 0.392 e. The maximum absolute atomic E-state index is 13.4. The van der Waals surface area contributed by atoms with Gasteiger partial charge in [-0.1, -0.05) is 97.1 Å². The number of halogens is 8. The zero-order valence-corrected chi connectivity index (χ0v) is 58.7. The summed E-state index contributed by atoms with van der Waals surface area (Å²) < 4.78 is 107. The monoisotopic (exact) mass is 1430 g/mol. The van der Waals surface area contributed by atoms with Gasteiger partial charge in [0, 0.05) is 74.0 Å². The predicted molar refractivity (Wildman–Crippen MR) is 387 cm³/mol. The molecule has 0 bridgehead atoms. The number of hydrogen-bond donors (Lipinski definition) is 8. The van der Waals surface area contributed by atoms with E-state index in [9.17, 15) is 55.5 Å². The Morgan fingerprint density at radius 1 is 0.250 bits per heavy atom. The van der Waals surface area contributed by atoms with Crippen LogP contribution >= 0.6 is 0 Å². The molecule has 0 amide bonds. The molecule has 16 rings (SSSR count). The molecule has 104 heavy (non-hydrogen) atoms. The third kappa shape index (κ3) is 17.1. The van der Waals surface area contributed by atoms with E-state index >= 15 is 0 Å². The Hall–Kier alpha value is -7.28. The van der Waals surface area contributed by atoms with Crippen LogP contribution in [0.4, 0.5) is 35.1 Å². The number of aliphatic hydroxyl groups excluding tert-OH is 4. The Labute approximate surface area is 605 Å². The number of rotatable bonds is 12. The Morgan fingerprint density at radius 3 is 0.529 bits per heavy atom. The second-order valence-electron chi connectivity index (χ2n) is 30.3. The first kappa shape index (κ1) is 75.0. The molecule has 8 aromatic carbocycles. The van der Waals surface area contributed by atoms with Crippen LogP contribution in [-0.2, 0) is 0 Å². The first-order valence-electron chi connectivity index (χ1n) is 36.8. The fourth-order valence-electron chi connectivity index (χ4n) is 17.9. The van der Waals surface area contributed by atoms with Crippen LogP contribution in [-0.4, -0.2) is 169 Å². The molecule has 0 unspecified atom stereocenters. The van der Waals surface area contributed by atoms with E-state index in [1.807, 2.05) is 0 Å². The summed E-state index contributed by atoms with van der Waals surface area (Å²) in [6.07, 6.45) is 5.51. The molecule has 8 atom stereocenters. The average Bonchev–Trinajstić information content (AvgIpc) is 1.63. The molecule has 8 heterocycles. The van der Waals surface area contributed by atoms with Crippen molar-refractivity contribution in [2.75, 3.05) is 105 Å². The topological polar surface area (TPSA) is 142 Å². The van der Waals surface area contributed by atoms with Crippen molar-refractivity contribution in [3.8, 4) is 0 Å². The third-order valence-electron chi connectivity index (χ3n) is 23.7. The SMILES string of the molecule is O[C@@H]1CCNC[C@@]12CCN(C(c1ccc(F)cc1)c1ccc(F)cc1)C2.O[C@@H]1CCNC[C@]12CCN(C(c1ccc(F)cc1)c1ccc(F)cc1)C2.O[C@H]1CCNC[C@@]12CCN(C(c1ccc(F)cc1)c1ccc(F)cc1)C2.O[C@H]1CCNC[C@]12CCN(C(c1ccc(F)cc1)c1ccc(F)cc1)C2. The average molecular weight is 1430 g/mol. The summed E-state index contributed by atoms with van der Waals surface area (Å²) in [5.41, 5.74) is 7.27. The van der Waals surface area contributed by atoms with Gasteiger partial charge in [0.1, 0.15) is 46.5 Å². The van der Waals surface area contributed by atoms with Crippen molar-refractivity contribution in [2.45, 2.75) is 99.9 Å². The lowest BCUT2D eigenvalue weighted by Crippen LogP contribution is -2.51. The molecule has 8 saturated heterocycles. The van der Waals surface area contributed by atoms with E-state index in [1.54, 1.807) is 97.1 Å². The van der Waals surface area contributed by atoms with Gasteiger partial charge >= 0.3 is 0 Å². The van der Waals surface area contributed by atoms with Crippen molar-refractivity contribution in [2.24, 2.45) is 21.7 Å². The van der Waals surface area contributed by atoms with Gasteiger partial charge in [0.2, 0.25) is 0 Å². The van der Waals surface area contributed by atoms with E-state index in [0.29, 0.717) is 0 Å². The number of aliphatic hydroxyl groups is 4. The first-order chi connectivity index (χ1) is 50.3. The zero-order chi connectivity index (χ0) is 72.6. The fraction of sp³-hybridized carbons (Fsp3) is 0.429. The second kappa shape index (κ2) is 33.2. The van der Waals surface area contributed by atoms with Crippen LogP contribution in [0.25, 0.3) is 0 Å². The van der Waals surface area contributed by atoms with Gasteiger partial charge in [-0.05, 0) is 245 Å². The molecule has 12 nitrogen and oxygen atoms in total. The summed E-state index contributed by atoms with van der Waals surface area (Å²) in [4.78, 5) is 9.32. The molecule has 0 aliphatic carbocycles. The predicted octanol–water partition coefficient (Wildman–Crippen LogP) is 12.4. The van der Waals surface area contributed by atoms with E-state index in [4.69, 9.17) is 0 Å². The minimum Gasteiger partial charge on any atom is -0.392 e. The summed E-state index contributed by atoms with van der Waals surface area (Å²) in [5.74, 6) is -2.14. The summed E-state index contributed by atoms with van der Waals surface area (Å²) in [7, 11) is 0. The molecule has 0 saturated carbocycles. The van der Waals surface area contributed by atoms with Crippen molar-refractivity contribution in [1.29, 1.82) is 0 Å². The van der Waals surface area contributed by atoms with E-state index in [0.717, 1.165) is 201 Å². The van der Waals surface area contributed by atoms with E-state index in [-0.39, 0.29) is 117 Å². The Balaban J connectivity index is 0.000000123.